The number of nitrogens with two attached hydrogens (primary N) is 1. The fourth-order valence-corrected chi connectivity index (χ4v) is 5.52. The Hall–Kier alpha value is -3.76. The lowest BCUT2D eigenvalue weighted by atomic mass is 10.1. The van der Waals surface area contributed by atoms with Crippen LogP contribution in [-0.4, -0.2) is 109 Å². The van der Waals surface area contributed by atoms with E-state index in [1.54, 1.807) is 4.90 Å². The van der Waals surface area contributed by atoms with Crippen molar-refractivity contribution in [3.05, 3.63) is 29.8 Å². The highest BCUT2D eigenvalue weighted by Gasteiger charge is 2.39. The van der Waals surface area contributed by atoms with Gasteiger partial charge in [-0.2, -0.15) is 4.72 Å². The van der Waals surface area contributed by atoms with Gasteiger partial charge in [0.2, 0.25) is 21.8 Å². The maximum absolute atomic E-state index is 13.5. The van der Waals surface area contributed by atoms with Crippen LogP contribution >= 0.6 is 0 Å². The van der Waals surface area contributed by atoms with Gasteiger partial charge in [0.05, 0.1) is 36.0 Å². The predicted octanol–water partition coefficient (Wildman–Crippen LogP) is -1.40. The number of aromatic carboxylic acids is 1. The van der Waals surface area contributed by atoms with E-state index in [0.29, 0.717) is 19.4 Å². The minimum absolute atomic E-state index is 0.00345. The molecule has 16 heteroatoms. The zero-order valence-corrected chi connectivity index (χ0v) is 21.9. The molecule has 0 spiro atoms. The first-order valence-corrected chi connectivity index (χ1v) is 13.7. The minimum atomic E-state index is -4.59. The van der Waals surface area contributed by atoms with Crippen molar-refractivity contribution in [1.29, 1.82) is 5.41 Å². The molecule has 1 aliphatic carbocycles. The number of sulfonamides is 1. The Morgan fingerprint density at radius 1 is 1.21 bits per heavy atom. The lowest BCUT2D eigenvalue weighted by molar-refractivity contribution is -0.140. The number of rotatable bonds is 13. The summed E-state index contributed by atoms with van der Waals surface area (Å²) in [4.78, 5) is 51.3. The number of hydrogen-bond acceptors (Lipinski definition) is 8. The summed E-state index contributed by atoms with van der Waals surface area (Å²) in [6.45, 7) is 0.777. The van der Waals surface area contributed by atoms with Crippen molar-refractivity contribution in [3.8, 4) is 0 Å². The molecule has 7 N–H and O–H groups in total. The number of hydrogen-bond donors (Lipinski definition) is 6. The number of guanidine groups is 1. The third kappa shape index (κ3) is 8.36. The summed E-state index contributed by atoms with van der Waals surface area (Å²) < 4.78 is 34.1. The van der Waals surface area contributed by atoms with Gasteiger partial charge in [0.25, 0.3) is 0 Å². The molecular weight excluding hydrogens is 536 g/mol. The summed E-state index contributed by atoms with van der Waals surface area (Å²) in [7, 11) is -4.59. The number of carbonyl (C=O) groups is 4. The summed E-state index contributed by atoms with van der Waals surface area (Å²) in [5.41, 5.74) is 4.99. The average molecular weight is 569 g/mol. The van der Waals surface area contributed by atoms with Gasteiger partial charge in [0.1, 0.15) is 6.04 Å². The molecule has 2 atom stereocenters. The molecule has 1 unspecified atom stereocenters. The maximum atomic E-state index is 13.5. The number of nitrogens with zero attached hydrogens (tertiary/aromatic N) is 2. The molecule has 15 nitrogen and oxygen atoms in total. The van der Waals surface area contributed by atoms with E-state index in [4.69, 9.17) is 21.0 Å². The van der Waals surface area contributed by atoms with Crippen LogP contribution in [0, 0.1) is 5.41 Å². The van der Waals surface area contributed by atoms with Crippen LogP contribution in [0.15, 0.2) is 29.2 Å². The fraction of sp³-hybridized carbons (Fsp3) is 0.522. The van der Waals surface area contributed by atoms with E-state index in [1.165, 1.54) is 17.0 Å². The number of amides is 2. The van der Waals surface area contributed by atoms with Crippen LogP contribution in [-0.2, 0) is 29.1 Å². The quantitative estimate of drug-likeness (QED) is 0.120. The molecule has 39 heavy (non-hydrogen) atoms. The van der Waals surface area contributed by atoms with E-state index in [-0.39, 0.29) is 44.7 Å². The van der Waals surface area contributed by atoms with Crippen molar-refractivity contribution in [1.82, 2.24) is 19.8 Å². The third-order valence-electron chi connectivity index (χ3n) is 6.24. The molecule has 214 valence electrons. The van der Waals surface area contributed by atoms with Crippen LogP contribution in [0.4, 0.5) is 0 Å². The molecule has 1 saturated carbocycles. The van der Waals surface area contributed by atoms with Crippen molar-refractivity contribution in [2.75, 3.05) is 32.8 Å². The van der Waals surface area contributed by atoms with E-state index in [2.05, 4.69) is 10.0 Å². The monoisotopic (exact) mass is 568 g/mol. The molecule has 3 rings (SSSR count). The number of carbonyl (C=O) groups excluding carboxylic acids is 2. The van der Waals surface area contributed by atoms with Crippen LogP contribution in [0.2, 0.25) is 0 Å². The lowest BCUT2D eigenvalue weighted by Gasteiger charge is -2.33. The van der Waals surface area contributed by atoms with Crippen molar-refractivity contribution >= 4 is 39.7 Å². The summed E-state index contributed by atoms with van der Waals surface area (Å²) >= 11 is 0. The van der Waals surface area contributed by atoms with Crippen LogP contribution in [0.5, 0.6) is 0 Å². The van der Waals surface area contributed by atoms with Gasteiger partial charge in [-0.05, 0) is 25.0 Å². The molecule has 1 aromatic rings. The van der Waals surface area contributed by atoms with E-state index in [9.17, 15) is 32.7 Å². The number of benzene rings is 1. The number of carboxylic acid groups (broad SMARTS) is 2. The van der Waals surface area contributed by atoms with Crippen molar-refractivity contribution in [2.24, 2.45) is 5.73 Å². The number of morpholine rings is 1. The molecule has 1 saturated heterocycles. The minimum Gasteiger partial charge on any atom is -0.481 e. The smallest absolute Gasteiger partial charge is 0.337 e. The first kappa shape index (κ1) is 29.8. The van der Waals surface area contributed by atoms with Gasteiger partial charge in [-0.15, -0.1) is 0 Å². The van der Waals surface area contributed by atoms with Gasteiger partial charge in [0, 0.05) is 32.2 Å². The SMILES string of the molecule is N=C(N)N1CCOC(CNC(=O)C[C@H](NS(=O)(=O)c2ccccc2C(=O)O)C(=O)N(CCC(=O)O)C2CC2)C1. The topological polar surface area (TPSA) is 233 Å². The Labute approximate surface area is 224 Å². The standard InChI is InChI=1S/C23H32N6O9S/c24-23(25)28-9-10-38-15(13-28)12-26-19(30)11-17(21(33)29(14-5-6-14)8-7-20(31)32)27-39(36,37)18-4-2-1-3-16(18)22(34)35/h1-4,14-15,17,27H,5-13H2,(H3,24,25)(H,26,30)(H,31,32)(H,34,35)/t15?,17-/m0/s1. The van der Waals surface area contributed by atoms with Crippen LogP contribution in [0.3, 0.4) is 0 Å². The largest absolute Gasteiger partial charge is 0.481 e. The van der Waals surface area contributed by atoms with Crippen LogP contribution in [0.1, 0.15) is 36.0 Å². The van der Waals surface area contributed by atoms with Crippen LogP contribution in [0.25, 0.3) is 0 Å². The zero-order chi connectivity index (χ0) is 28.7. The van der Waals surface area contributed by atoms with E-state index in [1.807, 2.05) is 0 Å². The highest BCUT2D eigenvalue weighted by Crippen LogP contribution is 2.28. The zero-order valence-electron chi connectivity index (χ0n) is 21.0. The van der Waals surface area contributed by atoms with Gasteiger partial charge in [-0.3, -0.25) is 19.8 Å². The number of aliphatic carboxylic acids is 1. The molecular formula is C23H32N6O9S. The molecule has 1 aromatic carbocycles. The molecule has 1 aliphatic heterocycles. The average Bonchev–Trinajstić information content (AvgIpc) is 3.72. The Morgan fingerprint density at radius 3 is 2.51 bits per heavy atom. The highest BCUT2D eigenvalue weighted by molar-refractivity contribution is 7.89. The molecule has 2 amide bonds. The number of nitrogens with one attached hydrogen (secondary N) is 3. The second-order valence-corrected chi connectivity index (χ2v) is 10.9. The molecule has 0 aromatic heterocycles. The molecule has 2 aliphatic rings. The Kier molecular flexibility index (Phi) is 9.82. The van der Waals surface area contributed by atoms with Crippen molar-refractivity contribution < 1.29 is 42.5 Å². The molecule has 2 fully saturated rings. The van der Waals surface area contributed by atoms with Gasteiger partial charge in [-0.25, -0.2) is 13.2 Å². The van der Waals surface area contributed by atoms with Crippen LogP contribution < -0.4 is 15.8 Å². The molecule has 0 bridgehead atoms. The Balaban J connectivity index is 1.79. The maximum Gasteiger partial charge on any atom is 0.337 e. The molecule has 1 heterocycles. The highest BCUT2D eigenvalue weighted by atomic mass is 32.2. The summed E-state index contributed by atoms with van der Waals surface area (Å²) in [5, 5.41) is 28.7. The van der Waals surface area contributed by atoms with E-state index < -0.39 is 62.8 Å². The normalized spacial score (nSPS) is 18.2. The summed E-state index contributed by atoms with van der Waals surface area (Å²) in [5.74, 6) is -4.27. The summed E-state index contributed by atoms with van der Waals surface area (Å²) in [6.07, 6.45) is -0.304. The second kappa shape index (κ2) is 12.9. The van der Waals surface area contributed by atoms with Gasteiger partial charge >= 0.3 is 11.9 Å². The van der Waals surface area contributed by atoms with E-state index in [0.717, 1.165) is 12.1 Å². The van der Waals surface area contributed by atoms with Crippen molar-refractivity contribution in [3.63, 3.8) is 0 Å². The fourth-order valence-electron chi connectivity index (χ4n) is 4.13. The Morgan fingerprint density at radius 2 is 1.90 bits per heavy atom. The van der Waals surface area contributed by atoms with Gasteiger partial charge in [-0.1, -0.05) is 12.1 Å². The first-order valence-electron chi connectivity index (χ1n) is 12.2. The number of carboxylic acids is 2. The van der Waals surface area contributed by atoms with Gasteiger partial charge in [0.15, 0.2) is 5.96 Å². The second-order valence-electron chi connectivity index (χ2n) is 9.21. The first-order chi connectivity index (χ1) is 18.4. The van der Waals surface area contributed by atoms with Crippen molar-refractivity contribution in [2.45, 2.75) is 48.8 Å². The van der Waals surface area contributed by atoms with E-state index >= 15 is 0 Å². The summed E-state index contributed by atoms with van der Waals surface area (Å²) in [6, 6.07) is 2.91. The number of ether oxygens (including phenoxy) is 1. The van der Waals surface area contributed by atoms with Gasteiger partial charge < -0.3 is 35.8 Å². The third-order valence-corrected chi connectivity index (χ3v) is 7.77. The molecule has 0 radical (unpaired) electrons. The lowest BCUT2D eigenvalue weighted by Crippen LogP contribution is -2.53. The predicted molar refractivity (Wildman–Crippen MR) is 135 cm³/mol. The Bertz CT molecular complexity index is 1220.